The van der Waals surface area contributed by atoms with Gasteiger partial charge in [-0.1, -0.05) is 34.1 Å². The normalized spacial score (nSPS) is 16.7. The fraction of sp³-hybridized carbons (Fsp3) is 0.467. The van der Waals surface area contributed by atoms with E-state index in [4.69, 9.17) is 0 Å². The van der Waals surface area contributed by atoms with Gasteiger partial charge in [-0.3, -0.25) is 0 Å². The Balaban J connectivity index is 3.06. The van der Waals surface area contributed by atoms with Gasteiger partial charge >= 0.3 is 0 Å². The van der Waals surface area contributed by atoms with Crippen molar-refractivity contribution in [3.05, 3.63) is 47.0 Å². The fourth-order valence-electron chi connectivity index (χ4n) is 1.68. The maximum absolute atomic E-state index is 12.4. The lowest BCUT2D eigenvalue weighted by atomic mass is 9.90. The summed E-state index contributed by atoms with van der Waals surface area (Å²) in [6.07, 6.45) is 2.57. The minimum absolute atomic E-state index is 0.294. The van der Waals surface area contributed by atoms with Crippen LogP contribution in [0.4, 0.5) is 0 Å². The molecular formula is C15H22BrNOS. The average Bonchev–Trinajstić information content (AvgIpc) is 2.28. The van der Waals surface area contributed by atoms with Crippen LogP contribution in [0.15, 0.2) is 41.4 Å². The number of hydrogen-bond donors (Lipinski definition) is 1. The van der Waals surface area contributed by atoms with E-state index in [0.717, 1.165) is 16.5 Å². The number of rotatable bonds is 5. The first kappa shape index (κ1) is 16.6. The molecule has 0 bridgehead atoms. The van der Waals surface area contributed by atoms with Crippen LogP contribution in [-0.2, 0) is 16.5 Å². The van der Waals surface area contributed by atoms with Gasteiger partial charge in [0.1, 0.15) is 0 Å². The Hall–Kier alpha value is -0.450. The molecule has 0 aliphatic heterocycles. The Labute approximate surface area is 127 Å². The van der Waals surface area contributed by atoms with Crippen molar-refractivity contribution in [3.63, 3.8) is 0 Å². The third-order valence-electron chi connectivity index (χ3n) is 2.91. The van der Waals surface area contributed by atoms with E-state index in [2.05, 4.69) is 34.2 Å². The SMILES string of the molecule is C=CC[C@](C)(NS(=O)C(C)(C)C)c1ccc(Br)cc1. The summed E-state index contributed by atoms with van der Waals surface area (Å²) in [6.45, 7) is 11.8. The molecule has 0 saturated heterocycles. The Kier molecular flexibility index (Phi) is 5.53. The molecule has 2 atom stereocenters. The van der Waals surface area contributed by atoms with Crippen LogP contribution in [-0.4, -0.2) is 8.96 Å². The van der Waals surface area contributed by atoms with Crippen molar-refractivity contribution in [2.45, 2.75) is 44.4 Å². The molecule has 19 heavy (non-hydrogen) atoms. The molecule has 0 saturated carbocycles. The van der Waals surface area contributed by atoms with E-state index < -0.39 is 11.0 Å². The van der Waals surface area contributed by atoms with Crippen LogP contribution >= 0.6 is 15.9 Å². The lowest BCUT2D eigenvalue weighted by Gasteiger charge is -2.33. The van der Waals surface area contributed by atoms with Crippen LogP contribution in [0.1, 0.15) is 39.7 Å². The number of nitrogens with one attached hydrogen (secondary N) is 1. The summed E-state index contributed by atoms with van der Waals surface area (Å²) in [4.78, 5) is 0. The third-order valence-corrected chi connectivity index (χ3v) is 5.19. The summed E-state index contributed by atoms with van der Waals surface area (Å²) in [7, 11) is -1.12. The third kappa shape index (κ3) is 4.55. The zero-order chi connectivity index (χ0) is 14.7. The van der Waals surface area contributed by atoms with E-state index >= 15 is 0 Å². The molecule has 0 fully saturated rings. The molecule has 0 aliphatic carbocycles. The van der Waals surface area contributed by atoms with E-state index in [9.17, 15) is 4.21 Å². The molecule has 1 unspecified atom stereocenters. The number of benzene rings is 1. The zero-order valence-electron chi connectivity index (χ0n) is 12.0. The predicted molar refractivity (Wildman–Crippen MR) is 87.3 cm³/mol. The van der Waals surface area contributed by atoms with Gasteiger partial charge in [-0.2, -0.15) is 0 Å². The van der Waals surface area contributed by atoms with Crippen LogP contribution in [0.2, 0.25) is 0 Å². The van der Waals surface area contributed by atoms with Gasteiger partial charge in [-0.25, -0.2) is 8.93 Å². The van der Waals surface area contributed by atoms with Gasteiger partial charge in [-0.05, 0) is 51.8 Å². The molecule has 0 aromatic heterocycles. The van der Waals surface area contributed by atoms with E-state index in [1.807, 2.05) is 51.1 Å². The molecule has 0 amide bonds. The van der Waals surface area contributed by atoms with Gasteiger partial charge in [0.05, 0.1) is 21.3 Å². The van der Waals surface area contributed by atoms with Crippen molar-refractivity contribution >= 4 is 26.9 Å². The summed E-state index contributed by atoms with van der Waals surface area (Å²) in [6, 6.07) is 8.08. The Bertz CT molecular complexity index is 464. The molecule has 1 rings (SSSR count). The van der Waals surface area contributed by atoms with E-state index in [1.54, 1.807) is 0 Å². The molecule has 1 N–H and O–H groups in total. The zero-order valence-corrected chi connectivity index (χ0v) is 14.4. The molecule has 1 aromatic rings. The molecule has 2 nitrogen and oxygen atoms in total. The highest BCUT2D eigenvalue weighted by Crippen LogP contribution is 2.28. The lowest BCUT2D eigenvalue weighted by Crippen LogP contribution is -2.45. The topological polar surface area (TPSA) is 29.1 Å². The minimum atomic E-state index is -1.12. The summed E-state index contributed by atoms with van der Waals surface area (Å²) in [5.41, 5.74) is 0.730. The average molecular weight is 344 g/mol. The van der Waals surface area contributed by atoms with Crippen LogP contribution in [0.3, 0.4) is 0 Å². The Morgan fingerprint density at radius 1 is 1.26 bits per heavy atom. The second-order valence-corrected chi connectivity index (χ2v) is 8.70. The molecule has 0 aliphatic rings. The molecule has 1 aromatic carbocycles. The number of halogens is 1. The first-order chi connectivity index (χ1) is 8.69. The highest BCUT2D eigenvalue weighted by Gasteiger charge is 2.31. The summed E-state index contributed by atoms with van der Waals surface area (Å²) in [5, 5.41) is 0. The monoisotopic (exact) mass is 343 g/mol. The quantitative estimate of drug-likeness (QED) is 0.793. The van der Waals surface area contributed by atoms with E-state index in [-0.39, 0.29) is 10.3 Å². The van der Waals surface area contributed by atoms with Crippen molar-refractivity contribution in [2.24, 2.45) is 0 Å². The second kappa shape index (κ2) is 6.33. The van der Waals surface area contributed by atoms with Gasteiger partial charge in [0.15, 0.2) is 0 Å². The van der Waals surface area contributed by atoms with Crippen LogP contribution in [0.25, 0.3) is 0 Å². The maximum atomic E-state index is 12.4. The first-order valence-corrected chi connectivity index (χ1v) is 8.20. The van der Waals surface area contributed by atoms with Crippen molar-refractivity contribution < 1.29 is 4.21 Å². The minimum Gasteiger partial charge on any atom is -0.242 e. The number of hydrogen-bond acceptors (Lipinski definition) is 1. The fourth-order valence-corrected chi connectivity index (χ4v) is 2.86. The predicted octanol–water partition coefficient (Wildman–Crippen LogP) is 4.29. The van der Waals surface area contributed by atoms with Gasteiger partial charge in [0.2, 0.25) is 0 Å². The highest BCUT2D eigenvalue weighted by atomic mass is 79.9. The van der Waals surface area contributed by atoms with E-state index in [0.29, 0.717) is 0 Å². The maximum Gasteiger partial charge on any atom is 0.0978 e. The van der Waals surface area contributed by atoms with Crippen molar-refractivity contribution in [1.29, 1.82) is 0 Å². The standard InChI is InChI=1S/C15H22BrNOS/c1-6-11-15(5,17-19(18)14(2,3)4)12-7-9-13(16)10-8-12/h6-10,17H,1,11H2,2-5H3/t15-,19?/m0/s1. The van der Waals surface area contributed by atoms with E-state index in [1.165, 1.54) is 0 Å². The highest BCUT2D eigenvalue weighted by molar-refractivity contribution is 9.10. The van der Waals surface area contributed by atoms with Gasteiger partial charge < -0.3 is 0 Å². The molecule has 0 radical (unpaired) electrons. The van der Waals surface area contributed by atoms with Crippen LogP contribution in [0, 0.1) is 0 Å². The molecule has 4 heteroatoms. The van der Waals surface area contributed by atoms with Crippen molar-refractivity contribution in [2.75, 3.05) is 0 Å². The second-order valence-electron chi connectivity index (χ2n) is 5.81. The van der Waals surface area contributed by atoms with Crippen LogP contribution < -0.4 is 4.72 Å². The summed E-state index contributed by atoms with van der Waals surface area (Å²) in [5.74, 6) is 0. The van der Waals surface area contributed by atoms with Crippen molar-refractivity contribution in [1.82, 2.24) is 4.72 Å². The first-order valence-electron chi connectivity index (χ1n) is 6.26. The van der Waals surface area contributed by atoms with Crippen molar-refractivity contribution in [3.8, 4) is 0 Å². The van der Waals surface area contributed by atoms with Gasteiger partial charge in [-0.15, -0.1) is 6.58 Å². The smallest absolute Gasteiger partial charge is 0.0978 e. The molecule has 106 valence electrons. The van der Waals surface area contributed by atoms with Gasteiger partial charge in [0.25, 0.3) is 0 Å². The molecular weight excluding hydrogens is 322 g/mol. The summed E-state index contributed by atoms with van der Waals surface area (Å²) >= 11 is 3.43. The van der Waals surface area contributed by atoms with Gasteiger partial charge in [0, 0.05) is 4.47 Å². The molecule has 0 heterocycles. The Morgan fingerprint density at radius 2 is 1.79 bits per heavy atom. The molecule has 0 spiro atoms. The Morgan fingerprint density at radius 3 is 2.21 bits per heavy atom. The largest absolute Gasteiger partial charge is 0.242 e. The van der Waals surface area contributed by atoms with Crippen LogP contribution in [0.5, 0.6) is 0 Å². The lowest BCUT2D eigenvalue weighted by molar-refractivity contribution is 0.446. The summed E-state index contributed by atoms with van der Waals surface area (Å²) < 4.78 is 16.3.